The van der Waals surface area contributed by atoms with Gasteiger partial charge in [0.05, 0.1) is 17.2 Å². The first-order valence-corrected chi connectivity index (χ1v) is 6.02. The summed E-state index contributed by atoms with van der Waals surface area (Å²) in [5.74, 6) is -0.528. The molecule has 2 aromatic carbocycles. The summed E-state index contributed by atoms with van der Waals surface area (Å²) < 4.78 is 0. The van der Waals surface area contributed by atoms with Gasteiger partial charge in [-0.3, -0.25) is 4.79 Å². The van der Waals surface area contributed by atoms with Gasteiger partial charge in [-0.1, -0.05) is 12.1 Å². The van der Waals surface area contributed by atoms with Gasteiger partial charge in [0.1, 0.15) is 0 Å². The Kier molecular flexibility index (Phi) is 3.87. The quantitative estimate of drug-likeness (QED) is 0.734. The fourth-order valence-corrected chi connectivity index (χ4v) is 1.81. The molecule has 0 aliphatic heterocycles. The number of rotatable bonds is 4. The first-order valence-electron chi connectivity index (χ1n) is 6.02. The molecule has 0 aliphatic carbocycles. The Labute approximate surface area is 116 Å². The largest absolute Gasteiger partial charge is 0.399 e. The lowest BCUT2D eigenvalue weighted by Crippen LogP contribution is -2.14. The number of hydrogen-bond donors (Lipinski definition) is 3. The number of nitrogens with two attached hydrogens (primary N) is 2. The predicted octanol–water partition coefficient (Wildman–Crippen LogP) is 1.85. The van der Waals surface area contributed by atoms with Crippen LogP contribution in [0, 0.1) is 11.3 Å². The maximum absolute atomic E-state index is 11.4. The maximum Gasteiger partial charge on any atom is 0.250 e. The lowest BCUT2D eigenvalue weighted by atomic mass is 10.1. The number of primary amides is 1. The van der Waals surface area contributed by atoms with Crippen LogP contribution in [0.25, 0.3) is 0 Å². The zero-order valence-electron chi connectivity index (χ0n) is 10.8. The van der Waals surface area contributed by atoms with Gasteiger partial charge < -0.3 is 16.8 Å². The molecule has 0 bridgehead atoms. The third-order valence-electron chi connectivity index (χ3n) is 2.88. The molecular weight excluding hydrogens is 252 g/mol. The van der Waals surface area contributed by atoms with Crippen molar-refractivity contribution in [3.8, 4) is 6.07 Å². The van der Waals surface area contributed by atoms with Crippen molar-refractivity contribution in [3.63, 3.8) is 0 Å². The van der Waals surface area contributed by atoms with Crippen molar-refractivity contribution in [3.05, 3.63) is 59.2 Å². The van der Waals surface area contributed by atoms with Crippen LogP contribution in [0.15, 0.2) is 42.5 Å². The van der Waals surface area contributed by atoms with Crippen molar-refractivity contribution in [2.75, 3.05) is 11.1 Å². The van der Waals surface area contributed by atoms with Crippen molar-refractivity contribution >= 4 is 17.3 Å². The Morgan fingerprint density at radius 3 is 2.50 bits per heavy atom. The summed E-state index contributed by atoms with van der Waals surface area (Å²) in [4.78, 5) is 11.4. The molecule has 0 atom stereocenters. The predicted molar refractivity (Wildman–Crippen MR) is 77.9 cm³/mol. The molecule has 0 heterocycles. The van der Waals surface area contributed by atoms with E-state index in [1.165, 1.54) is 0 Å². The standard InChI is InChI=1S/C15H14N4O/c16-8-10-1-3-11(4-2-10)9-19-14-6-5-12(17)7-13(14)15(18)20/h1-7,19H,9,17H2,(H2,18,20). The zero-order valence-corrected chi connectivity index (χ0v) is 10.8. The van der Waals surface area contributed by atoms with Crippen LogP contribution in [0.5, 0.6) is 0 Å². The number of nitrogens with zero attached hydrogens (tertiary/aromatic N) is 1. The van der Waals surface area contributed by atoms with Gasteiger partial charge in [0, 0.05) is 17.9 Å². The van der Waals surface area contributed by atoms with E-state index in [2.05, 4.69) is 11.4 Å². The van der Waals surface area contributed by atoms with Crippen LogP contribution < -0.4 is 16.8 Å². The van der Waals surface area contributed by atoms with Gasteiger partial charge in [-0.2, -0.15) is 5.26 Å². The monoisotopic (exact) mass is 266 g/mol. The maximum atomic E-state index is 11.4. The van der Waals surface area contributed by atoms with Crippen LogP contribution in [0.2, 0.25) is 0 Å². The summed E-state index contributed by atoms with van der Waals surface area (Å²) >= 11 is 0. The Morgan fingerprint density at radius 1 is 1.20 bits per heavy atom. The van der Waals surface area contributed by atoms with Gasteiger partial charge >= 0.3 is 0 Å². The van der Waals surface area contributed by atoms with Gasteiger partial charge in [-0.15, -0.1) is 0 Å². The molecule has 2 aromatic rings. The Balaban J connectivity index is 2.14. The molecule has 2 rings (SSSR count). The molecule has 5 N–H and O–H groups in total. The molecule has 0 radical (unpaired) electrons. The molecule has 0 unspecified atom stereocenters. The number of nitrogen functional groups attached to an aromatic ring is 1. The number of hydrogen-bond acceptors (Lipinski definition) is 4. The molecule has 20 heavy (non-hydrogen) atoms. The number of nitriles is 1. The summed E-state index contributed by atoms with van der Waals surface area (Å²) in [6.07, 6.45) is 0. The minimum absolute atomic E-state index is 0.360. The highest BCUT2D eigenvalue weighted by Crippen LogP contribution is 2.19. The van der Waals surface area contributed by atoms with Gasteiger partial charge in [0.2, 0.25) is 0 Å². The second-order valence-electron chi connectivity index (χ2n) is 4.33. The van der Waals surface area contributed by atoms with E-state index in [4.69, 9.17) is 16.7 Å². The van der Waals surface area contributed by atoms with Crippen LogP contribution in [-0.2, 0) is 6.54 Å². The average Bonchev–Trinajstić information content (AvgIpc) is 2.46. The first kappa shape index (κ1) is 13.4. The first-order chi connectivity index (χ1) is 9.60. The lowest BCUT2D eigenvalue weighted by Gasteiger charge is -2.11. The van der Waals surface area contributed by atoms with Gasteiger partial charge in [0.25, 0.3) is 5.91 Å². The van der Waals surface area contributed by atoms with Crippen LogP contribution in [0.1, 0.15) is 21.5 Å². The molecule has 1 amide bonds. The lowest BCUT2D eigenvalue weighted by molar-refractivity contribution is 0.100. The van der Waals surface area contributed by atoms with E-state index in [9.17, 15) is 4.79 Å². The van der Waals surface area contributed by atoms with Crippen LogP contribution in [-0.4, -0.2) is 5.91 Å². The smallest absolute Gasteiger partial charge is 0.250 e. The minimum Gasteiger partial charge on any atom is -0.399 e. The highest BCUT2D eigenvalue weighted by Gasteiger charge is 2.08. The number of carbonyl (C=O) groups is 1. The minimum atomic E-state index is -0.528. The van der Waals surface area contributed by atoms with Crippen molar-refractivity contribution in [2.24, 2.45) is 5.73 Å². The normalized spacial score (nSPS) is 9.75. The summed E-state index contributed by atoms with van der Waals surface area (Å²) in [5.41, 5.74) is 14.0. The topological polar surface area (TPSA) is 105 Å². The number of nitrogens with one attached hydrogen (secondary N) is 1. The fourth-order valence-electron chi connectivity index (χ4n) is 1.81. The molecule has 0 saturated heterocycles. The zero-order chi connectivity index (χ0) is 14.5. The number of carbonyl (C=O) groups excluding carboxylic acids is 1. The van der Waals surface area contributed by atoms with E-state index in [0.29, 0.717) is 29.0 Å². The van der Waals surface area contributed by atoms with Crippen LogP contribution in [0.4, 0.5) is 11.4 Å². The summed E-state index contributed by atoms with van der Waals surface area (Å²) in [5, 5.41) is 11.9. The highest BCUT2D eigenvalue weighted by molar-refractivity contribution is 5.99. The number of amides is 1. The molecule has 0 aliphatic rings. The van der Waals surface area contributed by atoms with E-state index in [1.54, 1.807) is 30.3 Å². The highest BCUT2D eigenvalue weighted by atomic mass is 16.1. The second kappa shape index (κ2) is 5.76. The third kappa shape index (κ3) is 3.06. The molecule has 5 heteroatoms. The Morgan fingerprint density at radius 2 is 1.90 bits per heavy atom. The second-order valence-corrected chi connectivity index (χ2v) is 4.33. The van der Waals surface area contributed by atoms with E-state index in [0.717, 1.165) is 5.56 Å². The van der Waals surface area contributed by atoms with Crippen LogP contribution >= 0.6 is 0 Å². The SMILES string of the molecule is N#Cc1ccc(CNc2ccc(N)cc2C(N)=O)cc1. The van der Waals surface area contributed by atoms with Gasteiger partial charge in [0.15, 0.2) is 0 Å². The Hall–Kier alpha value is -3.00. The fraction of sp³-hybridized carbons (Fsp3) is 0.0667. The van der Waals surface area contributed by atoms with Crippen molar-refractivity contribution < 1.29 is 4.79 Å². The average molecular weight is 266 g/mol. The molecular formula is C15H14N4O. The summed E-state index contributed by atoms with van der Waals surface area (Å²) in [7, 11) is 0. The van der Waals surface area contributed by atoms with E-state index >= 15 is 0 Å². The van der Waals surface area contributed by atoms with Crippen LogP contribution in [0.3, 0.4) is 0 Å². The van der Waals surface area contributed by atoms with Crippen molar-refractivity contribution in [1.82, 2.24) is 0 Å². The third-order valence-corrected chi connectivity index (χ3v) is 2.88. The van der Waals surface area contributed by atoms with E-state index in [1.807, 2.05) is 12.1 Å². The van der Waals surface area contributed by atoms with E-state index in [-0.39, 0.29) is 0 Å². The summed E-state index contributed by atoms with van der Waals surface area (Å²) in [6.45, 7) is 0.524. The van der Waals surface area contributed by atoms with Gasteiger partial charge in [-0.25, -0.2) is 0 Å². The molecule has 0 spiro atoms. The molecule has 0 aromatic heterocycles. The number of benzene rings is 2. The molecule has 0 saturated carbocycles. The van der Waals surface area contributed by atoms with Crippen molar-refractivity contribution in [1.29, 1.82) is 5.26 Å². The van der Waals surface area contributed by atoms with E-state index < -0.39 is 5.91 Å². The molecule has 0 fully saturated rings. The molecule has 100 valence electrons. The number of anilines is 2. The van der Waals surface area contributed by atoms with Gasteiger partial charge in [-0.05, 0) is 35.9 Å². The summed E-state index contributed by atoms with van der Waals surface area (Å²) in [6, 6.07) is 14.2. The Bertz CT molecular complexity index is 671. The van der Waals surface area contributed by atoms with Crippen molar-refractivity contribution in [2.45, 2.75) is 6.54 Å². The molecule has 5 nitrogen and oxygen atoms in total.